The summed E-state index contributed by atoms with van der Waals surface area (Å²) < 4.78 is 7.00. The van der Waals surface area contributed by atoms with Gasteiger partial charge in [0.25, 0.3) is 5.91 Å². The van der Waals surface area contributed by atoms with Crippen LogP contribution in [0.5, 0.6) is 5.75 Å². The molecule has 6 heteroatoms. The summed E-state index contributed by atoms with van der Waals surface area (Å²) >= 11 is 0. The Morgan fingerprint density at radius 1 is 1.03 bits per heavy atom. The fourth-order valence-electron chi connectivity index (χ4n) is 3.54. The van der Waals surface area contributed by atoms with E-state index in [2.05, 4.69) is 5.32 Å². The van der Waals surface area contributed by atoms with E-state index in [9.17, 15) is 10.1 Å². The molecule has 34 heavy (non-hydrogen) atoms. The summed E-state index contributed by atoms with van der Waals surface area (Å²) in [6.45, 7) is 0.441. The SMILES string of the molecule is COc1ccc(-c2nn(-c3ccccc3)cc2C=C(C#N)C(=O)NCCc2ccccc2)cc1. The second-order valence-corrected chi connectivity index (χ2v) is 7.60. The van der Waals surface area contributed by atoms with Crippen molar-refractivity contribution in [1.82, 2.24) is 15.1 Å². The summed E-state index contributed by atoms with van der Waals surface area (Å²) in [5.41, 5.74) is 4.21. The van der Waals surface area contributed by atoms with Crippen LogP contribution < -0.4 is 10.1 Å². The number of rotatable bonds is 8. The molecule has 0 fully saturated rings. The molecule has 1 aromatic heterocycles. The molecule has 0 atom stereocenters. The average Bonchev–Trinajstić information content (AvgIpc) is 3.32. The molecule has 0 aliphatic carbocycles. The van der Waals surface area contributed by atoms with Crippen LogP contribution in [-0.2, 0) is 11.2 Å². The Morgan fingerprint density at radius 2 is 1.71 bits per heavy atom. The van der Waals surface area contributed by atoms with Crippen molar-refractivity contribution in [3.8, 4) is 28.8 Å². The van der Waals surface area contributed by atoms with Crippen molar-refractivity contribution in [3.63, 3.8) is 0 Å². The molecule has 3 aromatic carbocycles. The number of para-hydroxylation sites is 1. The summed E-state index contributed by atoms with van der Waals surface area (Å²) in [6, 6.07) is 29.1. The number of carbonyl (C=O) groups excluding carboxylic acids is 1. The molecule has 1 heterocycles. The molecule has 0 aliphatic rings. The summed E-state index contributed by atoms with van der Waals surface area (Å²) in [5, 5.41) is 17.3. The monoisotopic (exact) mass is 448 g/mol. The van der Waals surface area contributed by atoms with Gasteiger partial charge in [0.1, 0.15) is 17.4 Å². The van der Waals surface area contributed by atoms with Gasteiger partial charge in [0.2, 0.25) is 0 Å². The lowest BCUT2D eigenvalue weighted by Crippen LogP contribution is -2.26. The first-order valence-electron chi connectivity index (χ1n) is 10.9. The van der Waals surface area contributed by atoms with Crippen LogP contribution in [0.4, 0.5) is 0 Å². The van der Waals surface area contributed by atoms with Gasteiger partial charge in [0, 0.05) is 23.9 Å². The van der Waals surface area contributed by atoms with Crippen LogP contribution in [0.3, 0.4) is 0 Å². The maximum atomic E-state index is 12.7. The lowest BCUT2D eigenvalue weighted by atomic mass is 10.1. The molecule has 4 aromatic rings. The zero-order chi connectivity index (χ0) is 23.8. The summed E-state index contributed by atoms with van der Waals surface area (Å²) in [5.74, 6) is 0.324. The third-order valence-electron chi connectivity index (χ3n) is 5.33. The minimum absolute atomic E-state index is 0.0236. The number of amides is 1. The molecule has 1 N–H and O–H groups in total. The first-order valence-corrected chi connectivity index (χ1v) is 10.9. The van der Waals surface area contributed by atoms with E-state index in [4.69, 9.17) is 9.84 Å². The molecule has 0 bridgehead atoms. The second-order valence-electron chi connectivity index (χ2n) is 7.60. The zero-order valence-corrected chi connectivity index (χ0v) is 18.8. The minimum Gasteiger partial charge on any atom is -0.497 e. The van der Waals surface area contributed by atoms with Gasteiger partial charge in [-0.05, 0) is 54.5 Å². The Hall–Kier alpha value is -4.63. The second kappa shape index (κ2) is 10.8. The quantitative estimate of drug-likeness (QED) is 0.310. The number of benzene rings is 3. The summed E-state index contributed by atoms with van der Waals surface area (Å²) in [6.07, 6.45) is 4.10. The Labute approximate surface area is 198 Å². The summed E-state index contributed by atoms with van der Waals surface area (Å²) in [7, 11) is 1.61. The van der Waals surface area contributed by atoms with Crippen molar-refractivity contribution in [2.24, 2.45) is 0 Å². The standard InChI is InChI=1S/C28H24N4O2/c1-34-26-14-12-22(13-15-26)27-24(20-32(31-27)25-10-6-3-7-11-25)18-23(19-29)28(33)30-17-16-21-8-4-2-5-9-21/h2-15,18,20H,16-17H2,1H3,(H,30,33). The molecule has 0 unspecified atom stereocenters. The van der Waals surface area contributed by atoms with Crippen LogP contribution >= 0.6 is 0 Å². The van der Waals surface area contributed by atoms with Gasteiger partial charge in [0.15, 0.2) is 0 Å². The van der Waals surface area contributed by atoms with Crippen LogP contribution in [0.1, 0.15) is 11.1 Å². The Bertz CT molecular complexity index is 1320. The number of nitrogens with zero attached hydrogens (tertiary/aromatic N) is 3. The van der Waals surface area contributed by atoms with E-state index in [1.807, 2.05) is 97.2 Å². The fraction of sp³-hybridized carbons (Fsp3) is 0.107. The molecular weight excluding hydrogens is 424 g/mol. The van der Waals surface area contributed by atoms with Crippen molar-refractivity contribution >= 4 is 12.0 Å². The van der Waals surface area contributed by atoms with Crippen LogP contribution in [0.25, 0.3) is 23.0 Å². The van der Waals surface area contributed by atoms with E-state index in [1.54, 1.807) is 17.9 Å². The van der Waals surface area contributed by atoms with Gasteiger partial charge in [-0.15, -0.1) is 0 Å². The van der Waals surface area contributed by atoms with Gasteiger partial charge in [-0.1, -0.05) is 48.5 Å². The van der Waals surface area contributed by atoms with Crippen LogP contribution in [-0.4, -0.2) is 29.3 Å². The van der Waals surface area contributed by atoms with Gasteiger partial charge < -0.3 is 10.1 Å². The van der Waals surface area contributed by atoms with Crippen LogP contribution in [0.2, 0.25) is 0 Å². The molecule has 168 valence electrons. The van der Waals surface area contributed by atoms with E-state index < -0.39 is 5.91 Å². The number of ether oxygens (including phenoxy) is 1. The maximum absolute atomic E-state index is 12.7. The van der Waals surface area contributed by atoms with Gasteiger partial charge in [0.05, 0.1) is 18.5 Å². The molecule has 0 aliphatic heterocycles. The maximum Gasteiger partial charge on any atom is 0.261 e. The number of hydrogen-bond acceptors (Lipinski definition) is 4. The first-order chi connectivity index (χ1) is 16.7. The Kier molecular flexibility index (Phi) is 7.16. The molecule has 1 amide bonds. The third-order valence-corrected chi connectivity index (χ3v) is 5.33. The number of methoxy groups -OCH3 is 1. The normalized spacial score (nSPS) is 11.0. The minimum atomic E-state index is -0.411. The lowest BCUT2D eigenvalue weighted by molar-refractivity contribution is -0.117. The predicted molar refractivity (Wildman–Crippen MR) is 132 cm³/mol. The molecule has 0 spiro atoms. The molecular formula is C28H24N4O2. The van der Waals surface area contributed by atoms with E-state index >= 15 is 0 Å². The van der Waals surface area contributed by atoms with E-state index in [0.717, 1.165) is 22.6 Å². The smallest absolute Gasteiger partial charge is 0.261 e. The van der Waals surface area contributed by atoms with E-state index in [-0.39, 0.29) is 5.57 Å². The topological polar surface area (TPSA) is 79.9 Å². The first kappa shape index (κ1) is 22.6. The number of hydrogen-bond donors (Lipinski definition) is 1. The molecule has 4 rings (SSSR count). The van der Waals surface area contributed by atoms with Gasteiger partial charge >= 0.3 is 0 Å². The van der Waals surface area contributed by atoms with Gasteiger partial charge in [-0.3, -0.25) is 4.79 Å². The number of nitriles is 1. The molecule has 0 radical (unpaired) electrons. The highest BCUT2D eigenvalue weighted by Crippen LogP contribution is 2.27. The largest absolute Gasteiger partial charge is 0.497 e. The van der Waals surface area contributed by atoms with Crippen LogP contribution in [0.15, 0.2) is 96.7 Å². The van der Waals surface area contributed by atoms with Gasteiger partial charge in [-0.25, -0.2) is 4.68 Å². The van der Waals surface area contributed by atoms with Crippen molar-refractivity contribution < 1.29 is 9.53 Å². The van der Waals surface area contributed by atoms with Crippen LogP contribution in [0, 0.1) is 11.3 Å². The average molecular weight is 449 g/mol. The number of nitrogens with one attached hydrogen (secondary N) is 1. The Balaban J connectivity index is 1.62. The molecule has 6 nitrogen and oxygen atoms in total. The van der Waals surface area contributed by atoms with E-state index in [0.29, 0.717) is 24.2 Å². The zero-order valence-electron chi connectivity index (χ0n) is 18.8. The fourth-order valence-corrected chi connectivity index (χ4v) is 3.54. The third kappa shape index (κ3) is 5.40. The van der Waals surface area contributed by atoms with Crippen molar-refractivity contribution in [3.05, 3.63) is 108 Å². The number of carbonyl (C=O) groups is 1. The van der Waals surface area contributed by atoms with Crippen molar-refractivity contribution in [1.29, 1.82) is 5.26 Å². The predicted octanol–water partition coefficient (Wildman–Crippen LogP) is 4.81. The Morgan fingerprint density at radius 3 is 2.35 bits per heavy atom. The highest BCUT2D eigenvalue weighted by Gasteiger charge is 2.15. The van der Waals surface area contributed by atoms with Crippen molar-refractivity contribution in [2.45, 2.75) is 6.42 Å². The molecule has 0 saturated heterocycles. The highest BCUT2D eigenvalue weighted by atomic mass is 16.5. The highest BCUT2D eigenvalue weighted by molar-refractivity contribution is 6.02. The molecule has 0 saturated carbocycles. The van der Waals surface area contributed by atoms with Gasteiger partial charge in [-0.2, -0.15) is 10.4 Å². The summed E-state index contributed by atoms with van der Waals surface area (Å²) in [4.78, 5) is 12.7. The number of aromatic nitrogens is 2. The lowest BCUT2D eigenvalue weighted by Gasteiger charge is -2.05. The van der Waals surface area contributed by atoms with E-state index in [1.165, 1.54) is 0 Å². The van der Waals surface area contributed by atoms with Crippen molar-refractivity contribution in [2.75, 3.05) is 13.7 Å².